The summed E-state index contributed by atoms with van der Waals surface area (Å²) < 4.78 is 0. The van der Waals surface area contributed by atoms with Crippen LogP contribution in [0.1, 0.15) is 28.8 Å². The van der Waals surface area contributed by atoms with Crippen LogP contribution in [0, 0.1) is 6.92 Å². The lowest BCUT2D eigenvalue weighted by Crippen LogP contribution is -2.29. The first-order chi connectivity index (χ1) is 8.49. The van der Waals surface area contributed by atoms with Gasteiger partial charge >= 0.3 is 5.97 Å². The minimum atomic E-state index is -1.10. The quantitative estimate of drug-likeness (QED) is 0.741. The van der Waals surface area contributed by atoms with Gasteiger partial charge in [0.1, 0.15) is 6.54 Å². The summed E-state index contributed by atoms with van der Waals surface area (Å²) in [7, 11) is 0. The van der Waals surface area contributed by atoms with Crippen molar-refractivity contribution in [2.45, 2.75) is 19.8 Å². The highest BCUT2D eigenvalue weighted by atomic mass is 16.4. The molecule has 18 heavy (non-hydrogen) atoms. The molecule has 0 spiro atoms. The fourth-order valence-corrected chi connectivity index (χ4v) is 1.37. The van der Waals surface area contributed by atoms with E-state index in [1.807, 2.05) is 19.1 Å². The van der Waals surface area contributed by atoms with Crippen molar-refractivity contribution in [3.63, 3.8) is 0 Å². The lowest BCUT2D eigenvalue weighted by atomic mass is 10.1. The van der Waals surface area contributed by atoms with Gasteiger partial charge in [-0.15, -0.1) is 0 Å². The van der Waals surface area contributed by atoms with Crippen molar-refractivity contribution < 1.29 is 19.5 Å². The smallest absolute Gasteiger partial charge is 0.322 e. The van der Waals surface area contributed by atoms with Crippen LogP contribution in [0.15, 0.2) is 24.3 Å². The van der Waals surface area contributed by atoms with Gasteiger partial charge in [0.15, 0.2) is 5.78 Å². The van der Waals surface area contributed by atoms with Crippen molar-refractivity contribution in [3.8, 4) is 0 Å². The molecule has 0 heterocycles. The second-order valence-electron chi connectivity index (χ2n) is 3.96. The number of amides is 1. The predicted octanol–water partition coefficient (Wildman–Crippen LogP) is 1.16. The van der Waals surface area contributed by atoms with E-state index in [1.165, 1.54) is 0 Å². The van der Waals surface area contributed by atoms with E-state index in [-0.39, 0.29) is 18.6 Å². The Morgan fingerprint density at radius 1 is 1.11 bits per heavy atom. The van der Waals surface area contributed by atoms with Gasteiger partial charge in [0.25, 0.3) is 0 Å². The van der Waals surface area contributed by atoms with Gasteiger partial charge in [-0.1, -0.05) is 29.8 Å². The van der Waals surface area contributed by atoms with Crippen LogP contribution in [-0.4, -0.2) is 29.3 Å². The van der Waals surface area contributed by atoms with E-state index < -0.39 is 18.4 Å². The zero-order valence-corrected chi connectivity index (χ0v) is 10.1. The number of ketones is 1. The molecule has 1 aromatic carbocycles. The van der Waals surface area contributed by atoms with E-state index in [4.69, 9.17) is 5.11 Å². The number of carbonyl (C=O) groups excluding carboxylic acids is 2. The van der Waals surface area contributed by atoms with Gasteiger partial charge in [-0.05, 0) is 6.92 Å². The number of carboxylic acids is 1. The van der Waals surface area contributed by atoms with E-state index >= 15 is 0 Å². The van der Waals surface area contributed by atoms with Gasteiger partial charge in [0.2, 0.25) is 5.91 Å². The molecule has 1 rings (SSSR count). The summed E-state index contributed by atoms with van der Waals surface area (Å²) >= 11 is 0. The lowest BCUT2D eigenvalue weighted by molar-refractivity contribution is -0.137. The molecule has 0 aliphatic heterocycles. The Labute approximate surface area is 105 Å². The van der Waals surface area contributed by atoms with Crippen molar-refractivity contribution in [1.82, 2.24) is 5.32 Å². The molecular weight excluding hydrogens is 234 g/mol. The number of carbonyl (C=O) groups is 3. The second-order valence-corrected chi connectivity index (χ2v) is 3.96. The molecule has 0 atom stereocenters. The maximum atomic E-state index is 11.7. The SMILES string of the molecule is Cc1ccc(C(=O)CCC(=O)NCC(=O)O)cc1. The summed E-state index contributed by atoms with van der Waals surface area (Å²) in [5.41, 5.74) is 1.62. The largest absolute Gasteiger partial charge is 0.480 e. The van der Waals surface area contributed by atoms with Crippen molar-refractivity contribution in [2.24, 2.45) is 0 Å². The molecular formula is C13H15NO4. The average Bonchev–Trinajstić information content (AvgIpc) is 2.34. The van der Waals surface area contributed by atoms with Crippen LogP contribution in [0.5, 0.6) is 0 Å². The van der Waals surface area contributed by atoms with Gasteiger partial charge in [0.05, 0.1) is 0 Å². The third-order valence-electron chi connectivity index (χ3n) is 2.39. The van der Waals surface area contributed by atoms with Crippen LogP contribution < -0.4 is 5.32 Å². The van der Waals surface area contributed by atoms with Crippen LogP contribution >= 0.6 is 0 Å². The number of aliphatic carboxylic acids is 1. The third kappa shape index (κ3) is 4.78. The third-order valence-corrected chi connectivity index (χ3v) is 2.39. The number of benzene rings is 1. The summed E-state index contributed by atoms with van der Waals surface area (Å²) in [6.07, 6.45) is 0.0779. The van der Waals surface area contributed by atoms with Crippen LogP contribution in [0.25, 0.3) is 0 Å². The Balaban J connectivity index is 2.39. The Hall–Kier alpha value is -2.17. The van der Waals surface area contributed by atoms with E-state index in [0.29, 0.717) is 5.56 Å². The number of hydrogen-bond acceptors (Lipinski definition) is 3. The molecule has 1 amide bonds. The van der Waals surface area contributed by atoms with Gasteiger partial charge in [-0.2, -0.15) is 0 Å². The van der Waals surface area contributed by atoms with Crippen LogP contribution in [-0.2, 0) is 9.59 Å². The van der Waals surface area contributed by atoms with Crippen LogP contribution in [0.2, 0.25) is 0 Å². The van der Waals surface area contributed by atoms with Crippen molar-refractivity contribution in [2.75, 3.05) is 6.54 Å². The van der Waals surface area contributed by atoms with Gasteiger partial charge in [0, 0.05) is 18.4 Å². The molecule has 0 aliphatic carbocycles. The number of hydrogen-bond donors (Lipinski definition) is 2. The number of aryl methyl sites for hydroxylation is 1. The molecule has 0 saturated heterocycles. The Bertz CT molecular complexity index is 451. The highest BCUT2D eigenvalue weighted by Gasteiger charge is 2.09. The zero-order valence-electron chi connectivity index (χ0n) is 10.1. The van der Waals surface area contributed by atoms with Crippen LogP contribution in [0.4, 0.5) is 0 Å². The van der Waals surface area contributed by atoms with E-state index in [2.05, 4.69) is 5.32 Å². The summed E-state index contributed by atoms with van der Waals surface area (Å²) in [5, 5.41) is 10.6. The Kier molecular flexibility index (Phi) is 5.05. The highest BCUT2D eigenvalue weighted by Crippen LogP contribution is 2.07. The topological polar surface area (TPSA) is 83.5 Å². The maximum absolute atomic E-state index is 11.7. The lowest BCUT2D eigenvalue weighted by Gasteiger charge is -2.03. The number of carboxylic acid groups (broad SMARTS) is 1. The number of nitrogens with one attached hydrogen (secondary N) is 1. The molecule has 0 unspecified atom stereocenters. The van der Waals surface area contributed by atoms with Crippen LogP contribution in [0.3, 0.4) is 0 Å². The Morgan fingerprint density at radius 2 is 1.72 bits per heavy atom. The fourth-order valence-electron chi connectivity index (χ4n) is 1.37. The minimum Gasteiger partial charge on any atom is -0.480 e. The monoisotopic (exact) mass is 249 g/mol. The standard InChI is InChI=1S/C13H15NO4/c1-9-2-4-10(5-3-9)11(15)6-7-12(16)14-8-13(17)18/h2-5H,6-8H2,1H3,(H,14,16)(H,17,18). The molecule has 0 bridgehead atoms. The molecule has 2 N–H and O–H groups in total. The Morgan fingerprint density at radius 3 is 2.28 bits per heavy atom. The molecule has 0 aliphatic rings. The summed E-state index contributed by atoms with van der Waals surface area (Å²) in [6, 6.07) is 7.09. The first-order valence-electron chi connectivity index (χ1n) is 5.57. The predicted molar refractivity (Wildman–Crippen MR) is 65.4 cm³/mol. The average molecular weight is 249 g/mol. The first-order valence-corrected chi connectivity index (χ1v) is 5.57. The second kappa shape index (κ2) is 6.54. The molecule has 1 aromatic rings. The van der Waals surface area contributed by atoms with Crippen molar-refractivity contribution in [3.05, 3.63) is 35.4 Å². The molecule has 0 aromatic heterocycles. The minimum absolute atomic E-state index is 0.0000102. The zero-order chi connectivity index (χ0) is 13.5. The summed E-state index contributed by atoms with van der Waals surface area (Å²) in [6.45, 7) is 1.51. The number of Topliss-reactive ketones (excluding diaryl/α,β-unsaturated/α-hetero) is 1. The first kappa shape index (κ1) is 13.9. The molecule has 0 radical (unpaired) electrons. The van der Waals surface area contributed by atoms with Gasteiger partial charge in [-0.3, -0.25) is 14.4 Å². The van der Waals surface area contributed by atoms with E-state index in [1.54, 1.807) is 12.1 Å². The number of rotatable bonds is 6. The van der Waals surface area contributed by atoms with Gasteiger partial charge in [-0.25, -0.2) is 0 Å². The van der Waals surface area contributed by atoms with Gasteiger partial charge < -0.3 is 10.4 Å². The summed E-state index contributed by atoms with van der Waals surface area (Å²) in [5.74, 6) is -1.66. The molecule has 5 heteroatoms. The molecule has 5 nitrogen and oxygen atoms in total. The molecule has 0 saturated carbocycles. The highest BCUT2D eigenvalue weighted by molar-refractivity contribution is 5.98. The van der Waals surface area contributed by atoms with E-state index in [9.17, 15) is 14.4 Å². The molecule has 96 valence electrons. The fraction of sp³-hybridized carbons (Fsp3) is 0.308. The van der Waals surface area contributed by atoms with E-state index in [0.717, 1.165) is 5.56 Å². The maximum Gasteiger partial charge on any atom is 0.322 e. The van der Waals surface area contributed by atoms with Crippen molar-refractivity contribution in [1.29, 1.82) is 0 Å². The molecule has 0 fully saturated rings. The normalized spacial score (nSPS) is 9.83. The van der Waals surface area contributed by atoms with Crippen molar-refractivity contribution >= 4 is 17.7 Å². The summed E-state index contributed by atoms with van der Waals surface area (Å²) in [4.78, 5) is 33.1.